The van der Waals surface area contributed by atoms with E-state index in [9.17, 15) is 18.0 Å². The van der Waals surface area contributed by atoms with E-state index in [-0.39, 0.29) is 0 Å². The van der Waals surface area contributed by atoms with Crippen LogP contribution in [0.1, 0.15) is 13.0 Å². The molecule has 1 aromatic heterocycles. The Hall–Kier alpha value is -2.89. The molecular weight excluding hydrogens is 317 g/mol. The molecule has 1 amide bonds. The summed E-state index contributed by atoms with van der Waals surface area (Å²) in [6.07, 6.45) is 3.52. The number of hydrogen-bond donors (Lipinski definition) is 1. The number of amides is 1. The van der Waals surface area contributed by atoms with E-state index in [0.29, 0.717) is 0 Å². The molecule has 0 spiro atoms. The summed E-state index contributed by atoms with van der Waals surface area (Å²) in [4.78, 5) is 12.3. The lowest BCUT2D eigenvalue weighted by atomic mass is 10.1. The second kappa shape index (κ2) is 6.31. The molecule has 1 atom stereocenters. The first-order valence-corrected chi connectivity index (χ1v) is 7.31. The van der Waals surface area contributed by atoms with Crippen molar-refractivity contribution in [1.82, 2.24) is 0 Å². The lowest BCUT2D eigenvalue weighted by Gasteiger charge is -2.10. The fourth-order valence-corrected chi connectivity index (χ4v) is 2.39. The van der Waals surface area contributed by atoms with Gasteiger partial charge >= 0.3 is 0 Å². The largest absolute Gasteiger partial charge is 0.318 e. The van der Waals surface area contributed by atoms with E-state index in [1.807, 2.05) is 30.3 Å². The molecule has 0 aliphatic carbocycles. The third kappa shape index (κ3) is 2.95. The highest BCUT2D eigenvalue weighted by Crippen LogP contribution is 2.20. The number of halogens is 3. The van der Waals surface area contributed by atoms with Gasteiger partial charge in [-0.2, -0.15) is 4.57 Å². The number of carbonyl (C=O) groups excluding carboxylic acids is 1. The molecule has 0 saturated carbocycles. The number of anilines is 1. The Morgan fingerprint density at radius 2 is 1.71 bits per heavy atom. The molecule has 6 heteroatoms. The van der Waals surface area contributed by atoms with Crippen LogP contribution in [-0.4, -0.2) is 5.91 Å². The zero-order chi connectivity index (χ0) is 17.3. The van der Waals surface area contributed by atoms with Gasteiger partial charge in [-0.15, -0.1) is 0 Å². The summed E-state index contributed by atoms with van der Waals surface area (Å²) in [7, 11) is 0. The smallest absolute Gasteiger partial charge is 0.293 e. The van der Waals surface area contributed by atoms with Gasteiger partial charge in [-0.3, -0.25) is 4.79 Å². The first-order chi connectivity index (χ1) is 11.5. The summed E-state index contributed by atoms with van der Waals surface area (Å²) in [6, 6.07) is 10.6. The van der Waals surface area contributed by atoms with Crippen LogP contribution in [-0.2, 0) is 4.79 Å². The van der Waals surface area contributed by atoms with Crippen LogP contribution in [0.2, 0.25) is 0 Å². The van der Waals surface area contributed by atoms with Crippen molar-refractivity contribution in [3.63, 3.8) is 0 Å². The van der Waals surface area contributed by atoms with Crippen LogP contribution in [0.15, 0.2) is 54.9 Å². The van der Waals surface area contributed by atoms with Gasteiger partial charge in [-0.1, -0.05) is 18.2 Å². The molecule has 1 heterocycles. The normalized spacial score (nSPS) is 12.2. The Kier molecular flexibility index (Phi) is 4.20. The van der Waals surface area contributed by atoms with Gasteiger partial charge in [0.15, 0.2) is 29.8 Å². The van der Waals surface area contributed by atoms with E-state index in [1.165, 1.54) is 0 Å². The van der Waals surface area contributed by atoms with Crippen molar-refractivity contribution in [3.05, 3.63) is 72.3 Å². The first-order valence-electron chi connectivity index (χ1n) is 7.31. The van der Waals surface area contributed by atoms with Crippen molar-refractivity contribution >= 4 is 22.4 Å². The minimum absolute atomic E-state index is 0.396. The molecule has 3 nitrogen and oxygen atoms in total. The topological polar surface area (TPSA) is 33.0 Å². The summed E-state index contributed by atoms with van der Waals surface area (Å²) >= 11 is 0. The predicted octanol–water partition coefficient (Wildman–Crippen LogP) is 3.74. The van der Waals surface area contributed by atoms with Gasteiger partial charge in [-0.05, 0) is 23.6 Å². The third-order valence-corrected chi connectivity index (χ3v) is 3.83. The molecule has 3 rings (SSSR count). The molecule has 2 aromatic carbocycles. The zero-order valence-electron chi connectivity index (χ0n) is 12.8. The van der Waals surface area contributed by atoms with Crippen LogP contribution in [0.5, 0.6) is 0 Å². The number of nitrogens with zero attached hydrogens (tertiary/aromatic N) is 1. The van der Waals surface area contributed by atoms with Crippen LogP contribution in [0.3, 0.4) is 0 Å². The molecule has 0 aliphatic rings. The molecule has 0 aliphatic heterocycles. The summed E-state index contributed by atoms with van der Waals surface area (Å²) in [5.74, 6) is -4.87. The number of nitrogens with one attached hydrogen (secondary N) is 1. The Labute approximate surface area is 136 Å². The maximum absolute atomic E-state index is 13.7. The molecule has 0 fully saturated rings. The molecule has 1 N–H and O–H groups in total. The quantitative estimate of drug-likeness (QED) is 0.575. The standard InChI is InChI=1S/C18H13F3N2O/c1-11(23-9-8-12-4-2-3-5-13(12)10-23)18(24)22-15-7-6-14(19)16(20)17(15)21/h2-11H,1H3/p+1/t11-/m0/s1. The van der Waals surface area contributed by atoms with E-state index < -0.39 is 35.1 Å². The Morgan fingerprint density at radius 3 is 2.46 bits per heavy atom. The highest BCUT2D eigenvalue weighted by Gasteiger charge is 2.24. The van der Waals surface area contributed by atoms with Gasteiger partial charge < -0.3 is 5.32 Å². The molecule has 0 bridgehead atoms. The van der Waals surface area contributed by atoms with E-state index >= 15 is 0 Å². The maximum atomic E-state index is 13.7. The van der Waals surface area contributed by atoms with Gasteiger partial charge in [0.25, 0.3) is 5.91 Å². The first kappa shape index (κ1) is 16.0. The summed E-state index contributed by atoms with van der Waals surface area (Å²) < 4.78 is 41.5. The highest BCUT2D eigenvalue weighted by molar-refractivity contribution is 5.92. The lowest BCUT2D eigenvalue weighted by molar-refractivity contribution is -0.704. The van der Waals surface area contributed by atoms with E-state index in [4.69, 9.17) is 0 Å². The van der Waals surface area contributed by atoms with Gasteiger partial charge in [0.2, 0.25) is 6.04 Å². The number of aromatic nitrogens is 1. The number of carbonyl (C=O) groups is 1. The van der Waals surface area contributed by atoms with E-state index in [0.717, 1.165) is 22.9 Å². The van der Waals surface area contributed by atoms with E-state index in [2.05, 4.69) is 5.32 Å². The third-order valence-electron chi connectivity index (χ3n) is 3.83. The highest BCUT2D eigenvalue weighted by atomic mass is 19.2. The molecule has 0 radical (unpaired) electrons. The van der Waals surface area contributed by atoms with Crippen molar-refractivity contribution in [2.75, 3.05) is 5.32 Å². The average Bonchev–Trinajstić information content (AvgIpc) is 2.61. The van der Waals surface area contributed by atoms with Gasteiger partial charge in [0, 0.05) is 18.4 Å². The van der Waals surface area contributed by atoms with Crippen LogP contribution in [0.4, 0.5) is 18.9 Å². The number of hydrogen-bond acceptors (Lipinski definition) is 1. The zero-order valence-corrected chi connectivity index (χ0v) is 12.8. The lowest BCUT2D eigenvalue weighted by Crippen LogP contribution is -2.44. The molecule has 3 aromatic rings. The Morgan fingerprint density at radius 1 is 1.00 bits per heavy atom. The SMILES string of the molecule is C[C@@H](C(=O)Nc1ccc(F)c(F)c1F)[n+]1ccc2ccccc2c1. The molecule has 122 valence electrons. The van der Waals surface area contributed by atoms with Crippen LogP contribution < -0.4 is 9.88 Å². The van der Waals surface area contributed by atoms with Gasteiger partial charge in [0.1, 0.15) is 0 Å². The van der Waals surface area contributed by atoms with Gasteiger partial charge in [0.05, 0.1) is 5.69 Å². The average molecular weight is 331 g/mol. The van der Waals surface area contributed by atoms with E-state index in [1.54, 1.807) is 23.9 Å². The number of rotatable bonds is 3. The van der Waals surface area contributed by atoms with Crippen molar-refractivity contribution in [2.45, 2.75) is 13.0 Å². The Bertz CT molecular complexity index is 927. The molecule has 0 saturated heterocycles. The van der Waals surface area contributed by atoms with Crippen LogP contribution in [0.25, 0.3) is 10.8 Å². The summed E-state index contributed by atoms with van der Waals surface area (Å²) in [5.41, 5.74) is -0.396. The minimum Gasteiger partial charge on any atom is -0.318 e. The number of benzene rings is 2. The number of pyridine rings is 1. The second-order valence-corrected chi connectivity index (χ2v) is 5.41. The predicted molar refractivity (Wildman–Crippen MR) is 83.8 cm³/mol. The summed E-state index contributed by atoms with van der Waals surface area (Å²) in [6.45, 7) is 1.63. The Balaban J connectivity index is 1.85. The maximum Gasteiger partial charge on any atom is 0.293 e. The van der Waals surface area contributed by atoms with Crippen LogP contribution >= 0.6 is 0 Å². The fourth-order valence-electron chi connectivity index (χ4n) is 2.39. The second-order valence-electron chi connectivity index (χ2n) is 5.41. The molecule has 24 heavy (non-hydrogen) atoms. The molecule has 0 unspecified atom stereocenters. The van der Waals surface area contributed by atoms with Crippen molar-refractivity contribution in [1.29, 1.82) is 0 Å². The minimum atomic E-state index is -1.61. The summed E-state index contributed by atoms with van der Waals surface area (Å²) in [5, 5.41) is 4.25. The van der Waals surface area contributed by atoms with Crippen molar-refractivity contribution < 1.29 is 22.5 Å². The fraction of sp³-hybridized carbons (Fsp3) is 0.111. The molecular formula is C18H14F3N2O+. The van der Waals surface area contributed by atoms with Crippen LogP contribution in [0, 0.1) is 17.5 Å². The van der Waals surface area contributed by atoms with Crippen molar-refractivity contribution in [2.24, 2.45) is 0 Å². The number of fused-ring (bicyclic) bond motifs is 1. The van der Waals surface area contributed by atoms with Gasteiger partial charge in [-0.25, -0.2) is 13.2 Å². The monoisotopic (exact) mass is 331 g/mol. The van der Waals surface area contributed by atoms with Crippen molar-refractivity contribution in [3.8, 4) is 0 Å².